The number of anilines is 1. The maximum atomic E-state index is 12.4. The number of carbonyl (C=O) groups excluding carboxylic acids is 1. The lowest BCUT2D eigenvalue weighted by Gasteiger charge is -2.24. The number of carbonyl (C=O) groups is 1. The Bertz CT molecular complexity index is 655. The van der Waals surface area contributed by atoms with Crippen LogP contribution in [0, 0.1) is 5.92 Å². The van der Waals surface area contributed by atoms with Crippen molar-refractivity contribution in [1.29, 1.82) is 0 Å². The number of nitrogens with zero attached hydrogens (tertiary/aromatic N) is 1. The quantitative estimate of drug-likeness (QED) is 0.823. The molecule has 1 rings (SSSR count). The highest BCUT2D eigenvalue weighted by Gasteiger charge is 2.42. The molecule has 1 aromatic rings. The van der Waals surface area contributed by atoms with E-state index in [1.54, 1.807) is 6.07 Å². The van der Waals surface area contributed by atoms with Crippen molar-refractivity contribution in [3.63, 3.8) is 0 Å². The first-order chi connectivity index (χ1) is 10.3. The van der Waals surface area contributed by atoms with E-state index in [0.717, 1.165) is 0 Å². The van der Waals surface area contributed by atoms with E-state index in [0.29, 0.717) is 5.76 Å². The molecule has 0 atom stereocenters. The summed E-state index contributed by atoms with van der Waals surface area (Å²) in [4.78, 5) is 12.4. The molecule has 1 heterocycles. The number of nitrogens with one attached hydrogen (secondary N) is 2. The van der Waals surface area contributed by atoms with Crippen LogP contribution in [0.2, 0.25) is 0 Å². The summed E-state index contributed by atoms with van der Waals surface area (Å²) in [5.41, 5.74) is -0.254. The second-order valence-electron chi connectivity index (χ2n) is 7.54. The van der Waals surface area contributed by atoms with Crippen LogP contribution in [-0.4, -0.2) is 30.8 Å². The third kappa shape index (κ3) is 4.78. The second kappa shape index (κ2) is 6.60. The van der Waals surface area contributed by atoms with Gasteiger partial charge < -0.3 is 9.84 Å². The first kappa shape index (κ1) is 19.6. The van der Waals surface area contributed by atoms with Gasteiger partial charge in [0.2, 0.25) is 15.9 Å². The molecule has 0 aliphatic carbocycles. The molecule has 7 nitrogen and oxygen atoms in total. The molecule has 8 heteroatoms. The van der Waals surface area contributed by atoms with Crippen molar-refractivity contribution < 1.29 is 17.7 Å². The van der Waals surface area contributed by atoms with Gasteiger partial charge in [-0.3, -0.25) is 4.79 Å². The van der Waals surface area contributed by atoms with E-state index >= 15 is 0 Å². The summed E-state index contributed by atoms with van der Waals surface area (Å²) in [5, 5.41) is 6.28. The maximum absolute atomic E-state index is 12.4. The Labute approximate surface area is 138 Å². The van der Waals surface area contributed by atoms with Gasteiger partial charge in [-0.15, -0.1) is 0 Å². The zero-order valence-electron chi connectivity index (χ0n) is 14.9. The van der Waals surface area contributed by atoms with Crippen LogP contribution in [0.3, 0.4) is 0 Å². The normalized spacial score (nSPS) is 13.4. The van der Waals surface area contributed by atoms with E-state index in [1.807, 2.05) is 34.6 Å². The lowest BCUT2D eigenvalue weighted by Crippen LogP contribution is -2.50. The summed E-state index contributed by atoms with van der Waals surface area (Å²) in [6, 6.07) is 1.60. The third-order valence-electron chi connectivity index (χ3n) is 3.39. The highest BCUT2D eigenvalue weighted by molar-refractivity contribution is 7.91. The fourth-order valence-electron chi connectivity index (χ4n) is 1.53. The SMILES string of the molecule is CC(C)CNS(=O)(=O)C(C)(C)C(=O)Nc1cc(C(C)(C)C)on1. The van der Waals surface area contributed by atoms with Gasteiger partial charge >= 0.3 is 0 Å². The summed E-state index contributed by atoms with van der Waals surface area (Å²) >= 11 is 0. The maximum Gasteiger partial charge on any atom is 0.247 e. The number of hydrogen-bond acceptors (Lipinski definition) is 5. The second-order valence-corrected chi connectivity index (χ2v) is 9.85. The fourth-order valence-corrected chi connectivity index (χ4v) is 2.74. The van der Waals surface area contributed by atoms with Crippen molar-refractivity contribution in [1.82, 2.24) is 9.88 Å². The predicted molar refractivity (Wildman–Crippen MR) is 89.7 cm³/mol. The molecule has 0 aromatic carbocycles. The van der Waals surface area contributed by atoms with Gasteiger partial charge in [0.05, 0.1) is 0 Å². The first-order valence-corrected chi connectivity index (χ1v) is 9.03. The predicted octanol–water partition coefficient (Wildman–Crippen LogP) is 2.26. The van der Waals surface area contributed by atoms with Gasteiger partial charge in [0.1, 0.15) is 5.76 Å². The molecule has 0 saturated carbocycles. The van der Waals surface area contributed by atoms with Gasteiger partial charge in [0.15, 0.2) is 10.6 Å². The van der Waals surface area contributed by atoms with E-state index in [-0.39, 0.29) is 23.7 Å². The molecule has 23 heavy (non-hydrogen) atoms. The van der Waals surface area contributed by atoms with Crippen molar-refractivity contribution in [3.8, 4) is 0 Å². The number of rotatable bonds is 6. The van der Waals surface area contributed by atoms with E-state index in [2.05, 4.69) is 15.2 Å². The molecule has 132 valence electrons. The van der Waals surface area contributed by atoms with Crippen LogP contribution >= 0.6 is 0 Å². The van der Waals surface area contributed by atoms with Crippen LogP contribution in [0.15, 0.2) is 10.6 Å². The van der Waals surface area contributed by atoms with Crippen LogP contribution < -0.4 is 10.0 Å². The minimum atomic E-state index is -3.82. The van der Waals surface area contributed by atoms with E-state index in [1.165, 1.54) is 13.8 Å². The summed E-state index contributed by atoms with van der Waals surface area (Å²) in [6.45, 7) is 12.6. The summed E-state index contributed by atoms with van der Waals surface area (Å²) < 4.78 is 30.7. The van der Waals surface area contributed by atoms with Crippen molar-refractivity contribution in [3.05, 3.63) is 11.8 Å². The van der Waals surface area contributed by atoms with E-state index < -0.39 is 20.7 Å². The first-order valence-electron chi connectivity index (χ1n) is 7.55. The minimum Gasteiger partial charge on any atom is -0.359 e. The van der Waals surface area contributed by atoms with Crippen LogP contribution in [0.25, 0.3) is 0 Å². The van der Waals surface area contributed by atoms with Crippen molar-refractivity contribution in [2.45, 2.75) is 58.6 Å². The average Bonchev–Trinajstić information content (AvgIpc) is 2.84. The molecule has 0 bridgehead atoms. The molecule has 0 aliphatic heterocycles. The summed E-state index contributed by atoms with van der Waals surface area (Å²) in [5.74, 6) is 0.287. The third-order valence-corrected chi connectivity index (χ3v) is 5.47. The standard InChI is InChI=1S/C15H27N3O4S/c1-10(2)9-16-23(20,21)15(6,7)13(19)17-12-8-11(22-18-12)14(3,4)5/h8,10,16H,9H2,1-7H3,(H,17,18,19). The Balaban J connectivity index is 2.89. The van der Waals surface area contributed by atoms with Crippen molar-refractivity contribution in [2.75, 3.05) is 11.9 Å². The van der Waals surface area contributed by atoms with Gasteiger partial charge in [-0.2, -0.15) is 0 Å². The van der Waals surface area contributed by atoms with Crippen LogP contribution in [-0.2, 0) is 20.2 Å². The molecule has 1 amide bonds. The Kier molecular flexibility index (Phi) is 5.64. The number of sulfonamides is 1. The zero-order chi connectivity index (χ0) is 18.1. The summed E-state index contributed by atoms with van der Waals surface area (Å²) in [6.07, 6.45) is 0. The lowest BCUT2D eigenvalue weighted by atomic mass is 9.93. The Morgan fingerprint density at radius 3 is 2.26 bits per heavy atom. The lowest BCUT2D eigenvalue weighted by molar-refractivity contribution is -0.117. The minimum absolute atomic E-state index is 0.147. The summed E-state index contributed by atoms with van der Waals surface area (Å²) in [7, 11) is -3.82. The zero-order valence-corrected chi connectivity index (χ0v) is 15.7. The Morgan fingerprint density at radius 2 is 1.83 bits per heavy atom. The van der Waals surface area contributed by atoms with Gasteiger partial charge in [-0.25, -0.2) is 13.1 Å². The highest BCUT2D eigenvalue weighted by Crippen LogP contribution is 2.25. The van der Waals surface area contributed by atoms with Crippen molar-refractivity contribution >= 4 is 21.7 Å². The van der Waals surface area contributed by atoms with Gasteiger partial charge in [-0.1, -0.05) is 39.8 Å². The Morgan fingerprint density at radius 1 is 1.26 bits per heavy atom. The number of hydrogen-bond donors (Lipinski definition) is 2. The molecule has 0 unspecified atom stereocenters. The fraction of sp³-hybridized carbons (Fsp3) is 0.733. The van der Waals surface area contributed by atoms with Crippen LogP contribution in [0.5, 0.6) is 0 Å². The molecule has 1 aromatic heterocycles. The Hall–Kier alpha value is -1.41. The van der Waals surface area contributed by atoms with Gasteiger partial charge in [-0.05, 0) is 19.8 Å². The molecular formula is C15H27N3O4S. The van der Waals surface area contributed by atoms with Crippen LogP contribution in [0.1, 0.15) is 54.2 Å². The van der Waals surface area contributed by atoms with Crippen molar-refractivity contribution in [2.24, 2.45) is 5.92 Å². The van der Waals surface area contributed by atoms with Gasteiger partial charge in [0.25, 0.3) is 0 Å². The van der Waals surface area contributed by atoms with E-state index in [4.69, 9.17) is 4.52 Å². The molecule has 0 fully saturated rings. The molecule has 0 radical (unpaired) electrons. The highest BCUT2D eigenvalue weighted by atomic mass is 32.2. The number of aromatic nitrogens is 1. The smallest absolute Gasteiger partial charge is 0.247 e. The largest absolute Gasteiger partial charge is 0.359 e. The van der Waals surface area contributed by atoms with Crippen LogP contribution in [0.4, 0.5) is 5.82 Å². The molecule has 0 aliphatic rings. The molecule has 2 N–H and O–H groups in total. The average molecular weight is 345 g/mol. The molecular weight excluding hydrogens is 318 g/mol. The molecule has 0 saturated heterocycles. The van der Waals surface area contributed by atoms with Gasteiger partial charge in [0, 0.05) is 18.0 Å². The number of amides is 1. The van der Waals surface area contributed by atoms with E-state index in [9.17, 15) is 13.2 Å². The monoisotopic (exact) mass is 345 g/mol. The topological polar surface area (TPSA) is 101 Å². The molecule has 0 spiro atoms.